The Labute approximate surface area is 176 Å². The molecule has 1 fully saturated rings. The van der Waals surface area contributed by atoms with Crippen molar-refractivity contribution < 1.29 is 14.1 Å². The maximum absolute atomic E-state index is 12.7. The van der Waals surface area contributed by atoms with Crippen LogP contribution in [0.3, 0.4) is 0 Å². The van der Waals surface area contributed by atoms with Gasteiger partial charge in [0.2, 0.25) is 0 Å². The first-order valence-electron chi connectivity index (χ1n) is 9.27. The molecule has 28 heavy (non-hydrogen) atoms. The highest BCUT2D eigenvalue weighted by Gasteiger charge is 2.51. The highest BCUT2D eigenvalue weighted by Crippen LogP contribution is 2.36. The van der Waals surface area contributed by atoms with Gasteiger partial charge in [0.1, 0.15) is 0 Å². The van der Waals surface area contributed by atoms with Gasteiger partial charge in [-0.15, -0.1) is 0 Å². The molecule has 1 N–H and O–H groups in total. The Morgan fingerprint density at radius 2 is 1.64 bits per heavy atom. The fraction of sp³-hybridized carbons (Fsp3) is 0.381. The van der Waals surface area contributed by atoms with E-state index in [1.807, 2.05) is 58.0 Å². The molecular weight excluding hydrogens is 396 g/mol. The molecule has 7 heteroatoms. The number of carbonyl (C=O) groups excluding carboxylic acids is 1. The predicted molar refractivity (Wildman–Crippen MR) is 115 cm³/mol. The molecule has 2 aromatic rings. The van der Waals surface area contributed by atoms with E-state index in [1.165, 1.54) is 0 Å². The molecule has 0 bridgehead atoms. The fourth-order valence-electron chi connectivity index (χ4n) is 2.95. The molecule has 1 amide bonds. The zero-order chi connectivity index (χ0) is 20.5. The number of hydrogen-bond donors (Lipinski definition) is 1. The van der Waals surface area contributed by atoms with Gasteiger partial charge in [0.15, 0.2) is 0 Å². The van der Waals surface area contributed by atoms with Crippen LogP contribution in [0.4, 0.5) is 0 Å². The summed E-state index contributed by atoms with van der Waals surface area (Å²) in [6.07, 6.45) is 0.639. The van der Waals surface area contributed by atoms with Crippen LogP contribution in [0.2, 0.25) is 10.0 Å². The Bertz CT molecular complexity index is 870. The number of hydrogen-bond acceptors (Lipinski definition) is 3. The Hall–Kier alpha value is -1.53. The standard InChI is InChI=1S/C21H24BCl2NO3/c1-20(2)21(3,4)28-22(27-20)15-9-10-18(24)16(13-15)19(26)25-12-11-14-7-5-6-8-17(14)23/h5-10,13H,11-12H2,1-4H3,(H,25,26). The van der Waals surface area contributed by atoms with Crippen LogP contribution in [0.5, 0.6) is 0 Å². The first-order valence-corrected chi connectivity index (χ1v) is 10.0. The molecular formula is C21H24BCl2NO3. The number of halogens is 2. The lowest BCUT2D eigenvalue weighted by Gasteiger charge is -2.32. The summed E-state index contributed by atoms with van der Waals surface area (Å²) in [7, 11) is -0.544. The highest BCUT2D eigenvalue weighted by molar-refractivity contribution is 6.62. The Morgan fingerprint density at radius 3 is 2.29 bits per heavy atom. The topological polar surface area (TPSA) is 47.6 Å². The maximum Gasteiger partial charge on any atom is 0.494 e. The van der Waals surface area contributed by atoms with Crippen molar-refractivity contribution >= 4 is 41.7 Å². The summed E-state index contributed by atoms with van der Waals surface area (Å²) in [6.45, 7) is 8.42. The molecule has 4 nitrogen and oxygen atoms in total. The van der Waals surface area contributed by atoms with E-state index in [2.05, 4.69) is 5.32 Å². The monoisotopic (exact) mass is 419 g/mol. The molecule has 0 unspecified atom stereocenters. The summed E-state index contributed by atoms with van der Waals surface area (Å²) in [4.78, 5) is 12.7. The van der Waals surface area contributed by atoms with Gasteiger partial charge in [-0.25, -0.2) is 0 Å². The second-order valence-electron chi connectivity index (χ2n) is 7.92. The molecule has 1 aliphatic rings. The summed E-state index contributed by atoms with van der Waals surface area (Å²) in [5.74, 6) is -0.240. The Balaban J connectivity index is 1.69. The molecule has 1 heterocycles. The minimum atomic E-state index is -0.544. The van der Waals surface area contributed by atoms with Crippen molar-refractivity contribution in [2.45, 2.75) is 45.3 Å². The average Bonchev–Trinajstić information content (AvgIpc) is 2.84. The van der Waals surface area contributed by atoms with Gasteiger partial charge in [-0.1, -0.05) is 47.5 Å². The second-order valence-corrected chi connectivity index (χ2v) is 8.74. The molecule has 0 aromatic heterocycles. The Kier molecular flexibility index (Phi) is 6.11. The van der Waals surface area contributed by atoms with Crippen LogP contribution in [0.1, 0.15) is 43.6 Å². The van der Waals surface area contributed by atoms with Crippen LogP contribution < -0.4 is 10.8 Å². The summed E-state index contributed by atoms with van der Waals surface area (Å²) in [5.41, 5.74) is 1.25. The summed E-state index contributed by atoms with van der Waals surface area (Å²) < 4.78 is 12.1. The average molecular weight is 420 g/mol. The zero-order valence-corrected chi connectivity index (χ0v) is 18.0. The first kappa shape index (κ1) is 21.2. The van der Waals surface area contributed by atoms with Gasteiger partial charge in [-0.2, -0.15) is 0 Å². The molecule has 0 saturated carbocycles. The third-order valence-corrected chi connectivity index (χ3v) is 6.10. The molecule has 1 aliphatic heterocycles. The van der Waals surface area contributed by atoms with Gasteiger partial charge in [0, 0.05) is 11.6 Å². The lowest BCUT2D eigenvalue weighted by atomic mass is 9.78. The van der Waals surface area contributed by atoms with E-state index < -0.39 is 18.3 Å². The van der Waals surface area contributed by atoms with E-state index in [1.54, 1.807) is 12.1 Å². The molecule has 0 aliphatic carbocycles. The van der Waals surface area contributed by atoms with E-state index >= 15 is 0 Å². The van der Waals surface area contributed by atoms with Gasteiger partial charge in [0.05, 0.1) is 21.8 Å². The molecule has 2 aromatic carbocycles. The minimum absolute atomic E-state index is 0.240. The number of benzene rings is 2. The largest absolute Gasteiger partial charge is 0.494 e. The van der Waals surface area contributed by atoms with Crippen molar-refractivity contribution in [3.8, 4) is 0 Å². The molecule has 3 rings (SSSR count). The highest BCUT2D eigenvalue weighted by atomic mass is 35.5. The van der Waals surface area contributed by atoms with Gasteiger partial charge in [-0.3, -0.25) is 4.79 Å². The summed E-state index contributed by atoms with van der Waals surface area (Å²) in [6, 6.07) is 12.8. The lowest BCUT2D eigenvalue weighted by molar-refractivity contribution is 0.00578. The third-order valence-electron chi connectivity index (χ3n) is 5.40. The van der Waals surface area contributed by atoms with Crippen LogP contribution in [0.25, 0.3) is 0 Å². The second kappa shape index (κ2) is 8.07. The van der Waals surface area contributed by atoms with Crippen molar-refractivity contribution in [3.63, 3.8) is 0 Å². The van der Waals surface area contributed by atoms with E-state index in [-0.39, 0.29) is 5.91 Å². The zero-order valence-electron chi connectivity index (χ0n) is 16.5. The van der Waals surface area contributed by atoms with Crippen molar-refractivity contribution in [2.75, 3.05) is 6.54 Å². The third kappa shape index (κ3) is 4.38. The van der Waals surface area contributed by atoms with E-state index in [0.717, 1.165) is 11.0 Å². The quantitative estimate of drug-likeness (QED) is 0.736. The van der Waals surface area contributed by atoms with Crippen LogP contribution >= 0.6 is 23.2 Å². The van der Waals surface area contributed by atoms with Crippen LogP contribution in [-0.4, -0.2) is 30.8 Å². The number of carbonyl (C=O) groups is 1. The number of amides is 1. The normalized spacial score (nSPS) is 17.6. The number of rotatable bonds is 5. The number of nitrogens with one attached hydrogen (secondary N) is 1. The summed E-state index contributed by atoms with van der Waals surface area (Å²) in [5, 5.41) is 3.98. The smallest absolute Gasteiger partial charge is 0.399 e. The minimum Gasteiger partial charge on any atom is -0.399 e. The molecule has 0 atom stereocenters. The van der Waals surface area contributed by atoms with Crippen molar-refractivity contribution in [1.82, 2.24) is 5.32 Å². The van der Waals surface area contributed by atoms with E-state index in [0.29, 0.717) is 28.6 Å². The van der Waals surface area contributed by atoms with Gasteiger partial charge >= 0.3 is 7.12 Å². The lowest BCUT2D eigenvalue weighted by Crippen LogP contribution is -2.41. The van der Waals surface area contributed by atoms with Gasteiger partial charge < -0.3 is 14.6 Å². The fourth-order valence-corrected chi connectivity index (χ4v) is 3.38. The van der Waals surface area contributed by atoms with Gasteiger partial charge in [-0.05, 0) is 63.3 Å². The van der Waals surface area contributed by atoms with Crippen molar-refractivity contribution in [2.24, 2.45) is 0 Å². The SMILES string of the molecule is CC1(C)OB(c2ccc(Cl)c(C(=O)NCCc3ccccc3Cl)c2)OC1(C)C. The van der Waals surface area contributed by atoms with Crippen LogP contribution in [-0.2, 0) is 15.7 Å². The first-order chi connectivity index (χ1) is 13.1. The Morgan fingerprint density at radius 1 is 1.00 bits per heavy atom. The van der Waals surface area contributed by atoms with Gasteiger partial charge in [0.25, 0.3) is 5.91 Å². The van der Waals surface area contributed by atoms with E-state index in [4.69, 9.17) is 32.5 Å². The summed E-state index contributed by atoms with van der Waals surface area (Å²) >= 11 is 12.4. The molecule has 0 spiro atoms. The maximum atomic E-state index is 12.7. The predicted octanol–water partition coefficient (Wildman–Crippen LogP) is 4.27. The molecule has 148 valence electrons. The molecule has 1 saturated heterocycles. The van der Waals surface area contributed by atoms with Crippen LogP contribution in [0.15, 0.2) is 42.5 Å². The van der Waals surface area contributed by atoms with Crippen LogP contribution in [0, 0.1) is 0 Å². The molecule has 0 radical (unpaired) electrons. The van der Waals surface area contributed by atoms with E-state index in [9.17, 15) is 4.79 Å². The van der Waals surface area contributed by atoms with Crippen molar-refractivity contribution in [1.29, 1.82) is 0 Å². The van der Waals surface area contributed by atoms with Crippen molar-refractivity contribution in [3.05, 3.63) is 63.6 Å².